The Balaban J connectivity index is 1.77. The van der Waals surface area contributed by atoms with E-state index in [4.69, 9.17) is 15.2 Å². The average Bonchev–Trinajstić information content (AvgIpc) is 2.87. The lowest BCUT2D eigenvalue weighted by Gasteiger charge is -2.23. The van der Waals surface area contributed by atoms with Crippen molar-refractivity contribution < 1.29 is 24.2 Å². The molecule has 0 saturated carbocycles. The van der Waals surface area contributed by atoms with Crippen LogP contribution in [-0.4, -0.2) is 30.5 Å². The lowest BCUT2D eigenvalue weighted by molar-refractivity contribution is -0.111. The van der Waals surface area contributed by atoms with E-state index in [2.05, 4.69) is 10.6 Å². The normalized spacial score (nSPS) is 12.5. The molecule has 0 heterocycles. The number of nitrogens with two attached hydrogens (primary N) is 1. The third-order valence-corrected chi connectivity index (χ3v) is 6.09. The van der Waals surface area contributed by atoms with Crippen LogP contribution in [0.15, 0.2) is 83.8 Å². The van der Waals surface area contributed by atoms with E-state index in [0.29, 0.717) is 28.4 Å². The van der Waals surface area contributed by atoms with Crippen LogP contribution in [0.25, 0.3) is 0 Å². The zero-order valence-corrected chi connectivity index (χ0v) is 21.0. The summed E-state index contributed by atoms with van der Waals surface area (Å²) in [4.78, 5) is 26.3. The molecule has 2 amide bonds. The van der Waals surface area contributed by atoms with Crippen molar-refractivity contribution >= 4 is 40.8 Å². The molecule has 0 aliphatic rings. The molecule has 0 aromatic heterocycles. The van der Waals surface area contributed by atoms with Gasteiger partial charge in [0.05, 0.1) is 18.5 Å². The van der Waals surface area contributed by atoms with Crippen molar-refractivity contribution in [1.29, 1.82) is 0 Å². The Labute approximate surface area is 214 Å². The van der Waals surface area contributed by atoms with Crippen LogP contribution in [0.4, 0.5) is 21.9 Å². The molecule has 0 bridgehead atoms. The van der Waals surface area contributed by atoms with Crippen LogP contribution in [0.3, 0.4) is 0 Å². The number of phenolic OH excluding ortho intramolecular Hbond substituents is 1. The molecular weight excluding hydrogens is 478 g/mol. The first kappa shape index (κ1) is 26.5. The molecule has 2 atom stereocenters. The molecule has 36 heavy (non-hydrogen) atoms. The number of methoxy groups -OCH3 is 1. The molecule has 0 unspecified atom stereocenters. The maximum atomic E-state index is 12.7. The van der Waals surface area contributed by atoms with Crippen LogP contribution in [0.5, 0.6) is 11.5 Å². The molecular formula is C27H29N3O5S. The third-order valence-electron chi connectivity index (χ3n) is 5.35. The number of ether oxygens (including phenoxy) is 2. The number of phenols is 1. The highest BCUT2D eigenvalue weighted by atomic mass is 32.2. The number of carbonyl (C=O) groups excluding carboxylic acids is 2. The Bertz CT molecular complexity index is 1230. The number of aromatic hydroxyl groups is 1. The minimum Gasteiger partial charge on any atom is -0.504 e. The maximum Gasteiger partial charge on any atom is 0.412 e. The van der Waals surface area contributed by atoms with Crippen molar-refractivity contribution in [2.24, 2.45) is 5.92 Å². The minimum absolute atomic E-state index is 0.0925. The van der Waals surface area contributed by atoms with Crippen molar-refractivity contribution in [3.05, 3.63) is 84.4 Å². The first-order valence-corrected chi connectivity index (χ1v) is 12.4. The molecule has 188 valence electrons. The third kappa shape index (κ3) is 7.19. The highest BCUT2D eigenvalue weighted by Gasteiger charge is 2.24. The monoisotopic (exact) mass is 507 g/mol. The molecule has 9 heteroatoms. The predicted octanol–water partition coefficient (Wildman–Crippen LogP) is 5.83. The molecule has 3 rings (SSSR count). The van der Waals surface area contributed by atoms with E-state index in [0.717, 1.165) is 4.90 Å². The summed E-state index contributed by atoms with van der Waals surface area (Å²) in [6.45, 7) is 1.80. The number of amides is 2. The van der Waals surface area contributed by atoms with Crippen molar-refractivity contribution in [3.63, 3.8) is 0 Å². The van der Waals surface area contributed by atoms with E-state index < -0.39 is 18.1 Å². The summed E-state index contributed by atoms with van der Waals surface area (Å²) in [5.41, 5.74) is 7.94. The van der Waals surface area contributed by atoms with Crippen LogP contribution < -0.4 is 21.1 Å². The summed E-state index contributed by atoms with van der Waals surface area (Å²) in [7, 11) is 1.45. The van der Waals surface area contributed by atoms with Crippen LogP contribution in [0.1, 0.15) is 18.6 Å². The standard InChI is InChI=1S/C27H29N3O5S/c1-17(8-15-25(32)30-22-7-5-4-6-21(22)28)26(18-9-14-24(34-2)23(31)16-18)35-27(33)29-19-10-12-20(36-3)13-11-19/h4-17,26,31H,28H2,1-3H3,(H,29,33)(H,30,32)/b15-8+/t17-,26-/m1/s1. The summed E-state index contributed by atoms with van der Waals surface area (Å²) in [6, 6.07) is 19.0. The second-order valence-corrected chi connectivity index (χ2v) is 8.79. The summed E-state index contributed by atoms with van der Waals surface area (Å²) in [5.74, 6) is -0.611. The van der Waals surface area contributed by atoms with Crippen molar-refractivity contribution in [1.82, 2.24) is 0 Å². The smallest absolute Gasteiger partial charge is 0.412 e. The first-order chi connectivity index (χ1) is 17.3. The summed E-state index contributed by atoms with van der Waals surface area (Å²) in [6.07, 6.45) is 3.47. The SMILES string of the molecule is COc1ccc([C@H](OC(=O)Nc2ccc(SC)cc2)[C@H](C)/C=C/C(=O)Nc2ccccc2N)cc1O. The number of anilines is 3. The molecule has 3 aromatic carbocycles. The number of nitrogens with one attached hydrogen (secondary N) is 2. The second kappa shape index (κ2) is 12.6. The Morgan fingerprint density at radius 1 is 1.06 bits per heavy atom. The second-order valence-electron chi connectivity index (χ2n) is 7.91. The zero-order chi connectivity index (χ0) is 26.1. The van der Waals surface area contributed by atoms with Gasteiger partial charge in [-0.1, -0.05) is 31.2 Å². The average molecular weight is 508 g/mol. The number of hydrogen-bond acceptors (Lipinski definition) is 7. The van der Waals surface area contributed by atoms with E-state index in [1.54, 1.807) is 73.3 Å². The lowest BCUT2D eigenvalue weighted by Crippen LogP contribution is -2.21. The van der Waals surface area contributed by atoms with Gasteiger partial charge < -0.3 is 25.6 Å². The van der Waals surface area contributed by atoms with Gasteiger partial charge in [0.25, 0.3) is 0 Å². The Kier molecular flexibility index (Phi) is 9.24. The van der Waals surface area contributed by atoms with Gasteiger partial charge in [0.15, 0.2) is 11.5 Å². The largest absolute Gasteiger partial charge is 0.504 e. The van der Waals surface area contributed by atoms with E-state index in [1.165, 1.54) is 19.3 Å². The molecule has 0 aliphatic heterocycles. The summed E-state index contributed by atoms with van der Waals surface area (Å²) >= 11 is 1.60. The zero-order valence-electron chi connectivity index (χ0n) is 20.2. The maximum absolute atomic E-state index is 12.7. The van der Waals surface area contributed by atoms with Crippen molar-refractivity contribution in [2.75, 3.05) is 29.7 Å². The summed E-state index contributed by atoms with van der Waals surface area (Å²) < 4.78 is 10.9. The van der Waals surface area contributed by atoms with Gasteiger partial charge in [-0.15, -0.1) is 11.8 Å². The van der Waals surface area contributed by atoms with Gasteiger partial charge in [0, 0.05) is 16.5 Å². The molecule has 8 nitrogen and oxygen atoms in total. The number of rotatable bonds is 9. The van der Waals surface area contributed by atoms with Gasteiger partial charge in [-0.2, -0.15) is 0 Å². The molecule has 0 radical (unpaired) electrons. The number of thioether (sulfide) groups is 1. The fourth-order valence-electron chi connectivity index (χ4n) is 3.43. The van der Waals surface area contributed by atoms with Crippen molar-refractivity contribution in [2.45, 2.75) is 17.9 Å². The van der Waals surface area contributed by atoms with Gasteiger partial charge in [0.1, 0.15) is 6.10 Å². The Morgan fingerprint density at radius 3 is 2.42 bits per heavy atom. The fraction of sp³-hybridized carbons (Fsp3) is 0.185. The van der Waals surface area contributed by atoms with E-state index in [-0.39, 0.29) is 11.7 Å². The van der Waals surface area contributed by atoms with Gasteiger partial charge in [-0.05, 0) is 66.4 Å². The van der Waals surface area contributed by atoms with Crippen LogP contribution in [-0.2, 0) is 9.53 Å². The Morgan fingerprint density at radius 2 is 1.78 bits per heavy atom. The van der Waals surface area contributed by atoms with Crippen LogP contribution in [0, 0.1) is 5.92 Å². The Hall–Kier alpha value is -4.11. The molecule has 0 aliphatic carbocycles. The fourth-order valence-corrected chi connectivity index (χ4v) is 3.83. The minimum atomic E-state index is -0.807. The van der Waals surface area contributed by atoms with Gasteiger partial charge in [0.2, 0.25) is 5.91 Å². The van der Waals surface area contributed by atoms with Crippen LogP contribution >= 0.6 is 11.8 Å². The number of nitrogen functional groups attached to an aromatic ring is 1. The molecule has 0 spiro atoms. The molecule has 3 aromatic rings. The number of para-hydroxylation sites is 2. The number of carbonyl (C=O) groups is 2. The predicted molar refractivity (Wildman–Crippen MR) is 144 cm³/mol. The van der Waals surface area contributed by atoms with Gasteiger partial charge in [-0.25, -0.2) is 4.79 Å². The molecule has 5 N–H and O–H groups in total. The summed E-state index contributed by atoms with van der Waals surface area (Å²) in [5, 5.41) is 15.7. The molecule has 0 fully saturated rings. The first-order valence-electron chi connectivity index (χ1n) is 11.1. The number of benzene rings is 3. The highest BCUT2D eigenvalue weighted by Crippen LogP contribution is 2.34. The van der Waals surface area contributed by atoms with E-state index in [1.807, 2.05) is 18.4 Å². The van der Waals surface area contributed by atoms with E-state index in [9.17, 15) is 14.7 Å². The van der Waals surface area contributed by atoms with E-state index >= 15 is 0 Å². The molecule has 0 saturated heterocycles. The topological polar surface area (TPSA) is 123 Å². The quantitative estimate of drug-likeness (QED) is 0.163. The number of hydrogen-bond donors (Lipinski definition) is 4. The highest BCUT2D eigenvalue weighted by molar-refractivity contribution is 7.98. The van der Waals surface area contributed by atoms with Crippen LogP contribution in [0.2, 0.25) is 0 Å². The van der Waals surface area contributed by atoms with Gasteiger partial charge >= 0.3 is 6.09 Å². The lowest BCUT2D eigenvalue weighted by atomic mass is 9.96. The van der Waals surface area contributed by atoms with Crippen molar-refractivity contribution in [3.8, 4) is 11.5 Å². The van der Waals surface area contributed by atoms with Gasteiger partial charge in [-0.3, -0.25) is 10.1 Å².